The largest absolute Gasteiger partial charge is 0.462 e. The van der Waals surface area contributed by atoms with Crippen LogP contribution in [0, 0.1) is 0 Å². The Morgan fingerprint density at radius 3 is 2.59 bits per heavy atom. The van der Waals surface area contributed by atoms with Crippen molar-refractivity contribution in [3.8, 4) is 0 Å². The van der Waals surface area contributed by atoms with Crippen LogP contribution in [-0.4, -0.2) is 52.5 Å². The van der Waals surface area contributed by atoms with Gasteiger partial charge in [0, 0.05) is 40.0 Å². The van der Waals surface area contributed by atoms with E-state index >= 15 is 0 Å². The highest BCUT2D eigenvalue weighted by Crippen LogP contribution is 2.44. The summed E-state index contributed by atoms with van der Waals surface area (Å²) in [5.41, 5.74) is 4.24. The van der Waals surface area contributed by atoms with Crippen LogP contribution in [0.4, 0.5) is 21.2 Å². The highest BCUT2D eigenvalue weighted by molar-refractivity contribution is 8.00. The number of carbonyl (C=O) groups is 3. The highest BCUT2D eigenvalue weighted by atomic mass is 32.2. The van der Waals surface area contributed by atoms with E-state index in [2.05, 4.69) is 45.9 Å². The van der Waals surface area contributed by atoms with E-state index < -0.39 is 11.2 Å². The predicted octanol–water partition coefficient (Wildman–Crippen LogP) is 9.00. The molecule has 0 fully saturated rings. The van der Waals surface area contributed by atoms with E-state index in [1.165, 1.54) is 28.7 Å². The number of ether oxygens (including phenoxy) is 1. The third-order valence-corrected chi connectivity index (χ3v) is 12.9. The van der Waals surface area contributed by atoms with Crippen LogP contribution in [0.1, 0.15) is 46.6 Å². The molecule has 262 valence electrons. The number of hydrogen-bond acceptors (Lipinski definition) is 8. The number of amides is 3. The minimum atomic E-state index is -0.425. The Hall–Kier alpha value is -4.29. The number of fused-ring (bicyclic) bond motifs is 3. The minimum absolute atomic E-state index is 0.102. The lowest BCUT2D eigenvalue weighted by Gasteiger charge is -2.40. The monoisotopic (exact) mass is 736 g/mol. The number of nitrogens with one attached hydrogen (secondary N) is 2. The van der Waals surface area contributed by atoms with Crippen LogP contribution in [0.5, 0.6) is 0 Å². The first-order chi connectivity index (χ1) is 24.9. The van der Waals surface area contributed by atoms with Crippen molar-refractivity contribution in [3.63, 3.8) is 0 Å². The number of benzene rings is 3. The molecular weight excluding hydrogens is 697 g/mol. The summed E-state index contributed by atoms with van der Waals surface area (Å²) in [6.07, 6.45) is 9.52. The average molecular weight is 737 g/mol. The SMILES string of the molecule is CCOC(=O)c1c(NC(=O)C(CC)Sc2cccc(NC(=O)N3c4ccccc4SC4C=CC=CC43)c2)sc2c1CCN(Cc1ccccc1)C2. The number of carbonyl (C=O) groups excluding carboxylic acids is 3. The lowest BCUT2D eigenvalue weighted by molar-refractivity contribution is -0.115. The summed E-state index contributed by atoms with van der Waals surface area (Å²) in [4.78, 5) is 48.1. The molecule has 0 bridgehead atoms. The molecular formula is C40H40N4O4S3. The second-order valence-electron chi connectivity index (χ2n) is 12.5. The molecule has 2 aliphatic heterocycles. The number of anilines is 3. The van der Waals surface area contributed by atoms with Gasteiger partial charge in [-0.15, -0.1) is 34.9 Å². The Balaban J connectivity index is 1.05. The van der Waals surface area contributed by atoms with Gasteiger partial charge in [-0.25, -0.2) is 9.59 Å². The van der Waals surface area contributed by atoms with Crippen molar-refractivity contribution in [1.29, 1.82) is 0 Å². The first-order valence-corrected chi connectivity index (χ1v) is 19.9. The normalized spacial score (nSPS) is 18.3. The number of thioether (sulfide) groups is 2. The zero-order valence-electron chi connectivity index (χ0n) is 28.5. The van der Waals surface area contributed by atoms with Crippen LogP contribution >= 0.6 is 34.9 Å². The van der Waals surface area contributed by atoms with Crippen molar-refractivity contribution in [2.24, 2.45) is 0 Å². The fourth-order valence-electron chi connectivity index (χ4n) is 6.67. The maximum absolute atomic E-state index is 13.9. The summed E-state index contributed by atoms with van der Waals surface area (Å²) >= 11 is 4.68. The van der Waals surface area contributed by atoms with E-state index in [9.17, 15) is 14.4 Å². The number of rotatable bonds is 10. The first-order valence-electron chi connectivity index (χ1n) is 17.3. The molecule has 0 spiro atoms. The minimum Gasteiger partial charge on any atom is -0.462 e. The third-order valence-electron chi connectivity index (χ3n) is 9.09. The zero-order chi connectivity index (χ0) is 35.3. The smallest absolute Gasteiger partial charge is 0.341 e. The molecule has 3 unspecified atom stereocenters. The summed E-state index contributed by atoms with van der Waals surface area (Å²) in [5.74, 6) is -0.570. The molecule has 11 heteroatoms. The van der Waals surface area contributed by atoms with Crippen molar-refractivity contribution in [2.45, 2.75) is 66.1 Å². The summed E-state index contributed by atoms with van der Waals surface area (Å²) in [6.45, 7) is 6.37. The Kier molecular flexibility index (Phi) is 11.0. The van der Waals surface area contributed by atoms with Gasteiger partial charge < -0.3 is 15.4 Å². The average Bonchev–Trinajstić information content (AvgIpc) is 3.50. The lowest BCUT2D eigenvalue weighted by atomic mass is 10.0. The van der Waals surface area contributed by atoms with Crippen LogP contribution < -0.4 is 15.5 Å². The molecule has 0 saturated heterocycles. The molecule has 7 rings (SSSR count). The van der Waals surface area contributed by atoms with E-state index in [0.29, 0.717) is 35.6 Å². The summed E-state index contributed by atoms with van der Waals surface area (Å²) in [6, 6.07) is 25.7. The Bertz CT molecular complexity index is 1980. The molecule has 0 radical (unpaired) electrons. The molecule has 2 N–H and O–H groups in total. The Labute approximate surface area is 311 Å². The molecule has 3 heterocycles. The lowest BCUT2D eigenvalue weighted by Crippen LogP contribution is -2.49. The summed E-state index contributed by atoms with van der Waals surface area (Å²) in [7, 11) is 0. The highest BCUT2D eigenvalue weighted by Gasteiger charge is 2.37. The van der Waals surface area contributed by atoms with Crippen LogP contribution in [0.3, 0.4) is 0 Å². The standard InChI is InChI=1S/C40H40N4O4S3/c1-3-32(37(45)42-38-36(39(46)48-4-2)29-21-22-43(25-35(29)51-38)24-26-13-6-5-7-14-26)49-28-16-12-15-27(23-28)41-40(47)44-30-17-8-10-19-33(30)50-34-20-11-9-18-31(34)44/h5-20,23,30,32-33H,3-4,21-22,24-25H2,1-2H3,(H,41,47)(H,42,45). The quantitative estimate of drug-likeness (QED) is 0.124. The fraction of sp³-hybridized carbons (Fsp3) is 0.275. The molecule has 4 aromatic rings. The van der Waals surface area contributed by atoms with E-state index in [4.69, 9.17) is 4.74 Å². The first kappa shape index (κ1) is 35.1. The molecule has 1 aromatic heterocycles. The van der Waals surface area contributed by atoms with E-state index in [1.807, 2.05) is 84.6 Å². The van der Waals surface area contributed by atoms with Crippen molar-refractivity contribution in [2.75, 3.05) is 28.7 Å². The number of urea groups is 1. The van der Waals surface area contributed by atoms with Gasteiger partial charge in [0.1, 0.15) is 5.00 Å². The topological polar surface area (TPSA) is 91.0 Å². The van der Waals surface area contributed by atoms with E-state index in [1.54, 1.807) is 18.7 Å². The molecule has 1 aliphatic carbocycles. The Morgan fingerprint density at radius 1 is 0.961 bits per heavy atom. The molecule has 3 amide bonds. The molecule has 3 atom stereocenters. The van der Waals surface area contributed by atoms with Crippen molar-refractivity contribution < 1.29 is 19.1 Å². The number of esters is 1. The van der Waals surface area contributed by atoms with Gasteiger partial charge in [0.05, 0.1) is 34.4 Å². The van der Waals surface area contributed by atoms with E-state index in [0.717, 1.165) is 39.0 Å². The third kappa shape index (κ3) is 7.82. The second kappa shape index (κ2) is 15.9. The molecule has 0 saturated carbocycles. The van der Waals surface area contributed by atoms with Crippen molar-refractivity contribution in [3.05, 3.63) is 125 Å². The second-order valence-corrected chi connectivity index (χ2v) is 16.1. The van der Waals surface area contributed by atoms with Gasteiger partial charge >= 0.3 is 12.0 Å². The molecule has 3 aliphatic rings. The molecule has 8 nitrogen and oxygen atoms in total. The van der Waals surface area contributed by atoms with Crippen molar-refractivity contribution >= 4 is 69.1 Å². The maximum atomic E-state index is 13.9. The molecule has 3 aromatic carbocycles. The van der Waals surface area contributed by atoms with Gasteiger partial charge in [0.2, 0.25) is 5.91 Å². The number of allylic oxidation sites excluding steroid dienone is 2. The van der Waals surface area contributed by atoms with Gasteiger partial charge in [0.15, 0.2) is 0 Å². The fourth-order valence-corrected chi connectivity index (χ4v) is 10.2. The maximum Gasteiger partial charge on any atom is 0.341 e. The molecule has 51 heavy (non-hydrogen) atoms. The number of para-hydroxylation sites is 1. The van der Waals surface area contributed by atoms with Crippen LogP contribution in [0.25, 0.3) is 0 Å². The van der Waals surface area contributed by atoms with E-state index in [-0.39, 0.29) is 29.8 Å². The predicted molar refractivity (Wildman–Crippen MR) is 209 cm³/mol. The van der Waals surface area contributed by atoms with Gasteiger partial charge in [-0.2, -0.15) is 0 Å². The number of thiophene rings is 1. The summed E-state index contributed by atoms with van der Waals surface area (Å²) in [5, 5.41) is 6.49. The van der Waals surface area contributed by atoms with Gasteiger partial charge in [-0.1, -0.05) is 79.8 Å². The number of nitrogens with zero attached hydrogens (tertiary/aromatic N) is 2. The Morgan fingerprint density at radius 2 is 1.76 bits per heavy atom. The van der Waals surface area contributed by atoms with Crippen LogP contribution in [0.2, 0.25) is 0 Å². The zero-order valence-corrected chi connectivity index (χ0v) is 31.0. The van der Waals surface area contributed by atoms with Gasteiger partial charge in [-0.05, 0) is 61.2 Å². The van der Waals surface area contributed by atoms with Gasteiger partial charge in [-0.3, -0.25) is 14.6 Å². The summed E-state index contributed by atoms with van der Waals surface area (Å²) < 4.78 is 5.47. The van der Waals surface area contributed by atoms with Crippen LogP contribution in [-0.2, 0) is 29.0 Å². The van der Waals surface area contributed by atoms with Crippen LogP contribution in [0.15, 0.2) is 113 Å². The number of hydrogen-bond donors (Lipinski definition) is 2. The van der Waals surface area contributed by atoms with Gasteiger partial charge in [0.25, 0.3) is 0 Å². The van der Waals surface area contributed by atoms with Crippen molar-refractivity contribution in [1.82, 2.24) is 4.90 Å².